The standard InChI is InChI=1S/C24H21NO5/c1-3-13(2)21(24(29)30)25-12-15-11-18(26)22(27)20-16(14-7-5-4-6-8-14)9-10-17(19(15)20)23(25)28/h4-13,21,26H,3H2,1-2H3,(H,29,30). The molecule has 0 saturated heterocycles. The van der Waals surface area contributed by atoms with Crippen LogP contribution in [0, 0.1) is 5.92 Å². The highest BCUT2D eigenvalue weighted by Gasteiger charge is 2.31. The van der Waals surface area contributed by atoms with Crippen molar-refractivity contribution in [3.63, 3.8) is 0 Å². The first-order valence-corrected chi connectivity index (χ1v) is 9.80. The Morgan fingerprint density at radius 2 is 1.80 bits per heavy atom. The van der Waals surface area contributed by atoms with E-state index in [2.05, 4.69) is 0 Å². The summed E-state index contributed by atoms with van der Waals surface area (Å²) in [4.78, 5) is 38.1. The highest BCUT2D eigenvalue weighted by Crippen LogP contribution is 2.37. The number of pyridine rings is 1. The summed E-state index contributed by atoms with van der Waals surface area (Å²) in [5, 5.41) is 20.8. The van der Waals surface area contributed by atoms with Crippen molar-refractivity contribution in [2.45, 2.75) is 26.3 Å². The molecule has 0 spiro atoms. The summed E-state index contributed by atoms with van der Waals surface area (Å²) in [5.74, 6) is -2.37. The first-order valence-electron chi connectivity index (χ1n) is 9.80. The molecule has 152 valence electrons. The maximum atomic E-state index is 13.3. The predicted octanol–water partition coefficient (Wildman–Crippen LogP) is 4.44. The minimum atomic E-state index is -1.10. The number of ketones is 1. The van der Waals surface area contributed by atoms with E-state index in [-0.39, 0.29) is 16.9 Å². The fourth-order valence-corrected chi connectivity index (χ4v) is 4.10. The van der Waals surface area contributed by atoms with Gasteiger partial charge in [-0.2, -0.15) is 0 Å². The normalized spacial score (nSPS) is 15.0. The maximum absolute atomic E-state index is 13.3. The van der Waals surface area contributed by atoms with Gasteiger partial charge < -0.3 is 10.2 Å². The van der Waals surface area contributed by atoms with Crippen LogP contribution in [0.15, 0.2) is 59.2 Å². The van der Waals surface area contributed by atoms with Gasteiger partial charge in [-0.15, -0.1) is 0 Å². The Bertz CT molecular complexity index is 1270. The summed E-state index contributed by atoms with van der Waals surface area (Å²) >= 11 is 0. The van der Waals surface area contributed by atoms with Crippen molar-refractivity contribution in [1.82, 2.24) is 4.57 Å². The van der Waals surface area contributed by atoms with Crippen LogP contribution >= 0.6 is 0 Å². The van der Waals surface area contributed by atoms with Gasteiger partial charge >= 0.3 is 5.97 Å². The van der Waals surface area contributed by atoms with E-state index in [4.69, 9.17) is 0 Å². The number of benzene rings is 2. The summed E-state index contributed by atoms with van der Waals surface area (Å²) in [7, 11) is 0. The number of aliphatic carboxylic acids is 1. The maximum Gasteiger partial charge on any atom is 0.327 e. The molecule has 2 aromatic carbocycles. The number of hydrogen-bond donors (Lipinski definition) is 2. The zero-order valence-electron chi connectivity index (χ0n) is 16.6. The van der Waals surface area contributed by atoms with Gasteiger partial charge in [0.2, 0.25) is 5.78 Å². The third kappa shape index (κ3) is 2.92. The fraction of sp³-hybridized carbons (Fsp3) is 0.208. The first kappa shape index (κ1) is 19.6. The molecule has 1 aromatic heterocycles. The van der Waals surface area contributed by atoms with Crippen molar-refractivity contribution in [1.29, 1.82) is 0 Å². The summed E-state index contributed by atoms with van der Waals surface area (Å²) in [6.45, 7) is 3.65. The number of Topliss-reactive ketones (excluding diaryl/α,β-unsaturated/α-hetero) is 1. The van der Waals surface area contributed by atoms with Crippen LogP contribution in [0.2, 0.25) is 0 Å². The van der Waals surface area contributed by atoms with Crippen molar-refractivity contribution in [3.05, 3.63) is 75.9 Å². The molecule has 30 heavy (non-hydrogen) atoms. The van der Waals surface area contributed by atoms with Crippen molar-refractivity contribution < 1.29 is 19.8 Å². The average molecular weight is 403 g/mol. The Hall–Kier alpha value is -3.67. The van der Waals surface area contributed by atoms with Gasteiger partial charge in [-0.25, -0.2) is 4.79 Å². The highest BCUT2D eigenvalue weighted by molar-refractivity contribution is 6.24. The molecular formula is C24H21NO5. The van der Waals surface area contributed by atoms with E-state index in [9.17, 15) is 24.6 Å². The Morgan fingerprint density at radius 3 is 2.43 bits per heavy atom. The number of carbonyl (C=O) groups excluding carboxylic acids is 1. The number of nitrogens with zero attached hydrogens (tertiary/aromatic N) is 1. The Balaban J connectivity index is 2.09. The number of allylic oxidation sites excluding steroid dienone is 1. The molecule has 1 aliphatic carbocycles. The van der Waals surface area contributed by atoms with E-state index < -0.39 is 29.1 Å². The van der Waals surface area contributed by atoms with Gasteiger partial charge in [0.05, 0.1) is 0 Å². The third-order valence-electron chi connectivity index (χ3n) is 5.81. The second-order valence-electron chi connectivity index (χ2n) is 7.60. The molecule has 6 nitrogen and oxygen atoms in total. The lowest BCUT2D eigenvalue weighted by molar-refractivity contribution is -0.142. The smallest absolute Gasteiger partial charge is 0.327 e. The number of carboxylic acid groups (broad SMARTS) is 1. The van der Waals surface area contributed by atoms with Crippen LogP contribution in [0.1, 0.15) is 42.2 Å². The number of aliphatic hydroxyl groups excluding tert-OH is 1. The molecule has 2 atom stereocenters. The second kappa shape index (κ2) is 7.30. The molecule has 0 fully saturated rings. The van der Waals surface area contributed by atoms with Crippen molar-refractivity contribution in [3.8, 4) is 11.1 Å². The van der Waals surface area contributed by atoms with Crippen LogP contribution < -0.4 is 5.56 Å². The number of rotatable bonds is 5. The minimum absolute atomic E-state index is 0.258. The van der Waals surface area contributed by atoms with Crippen molar-refractivity contribution >= 4 is 28.6 Å². The predicted molar refractivity (Wildman–Crippen MR) is 115 cm³/mol. The van der Waals surface area contributed by atoms with Gasteiger partial charge in [0.25, 0.3) is 5.56 Å². The Kier molecular flexibility index (Phi) is 4.78. The van der Waals surface area contributed by atoms with Gasteiger partial charge in [-0.05, 0) is 29.2 Å². The monoisotopic (exact) mass is 403 g/mol. The Labute approximate surface area is 172 Å². The molecule has 0 bridgehead atoms. The van der Waals surface area contributed by atoms with E-state index >= 15 is 0 Å². The van der Waals surface area contributed by atoms with Gasteiger partial charge in [0.1, 0.15) is 6.04 Å². The van der Waals surface area contributed by atoms with E-state index in [1.54, 1.807) is 19.1 Å². The number of aliphatic hydroxyl groups is 1. The van der Waals surface area contributed by atoms with Crippen LogP contribution in [0.3, 0.4) is 0 Å². The number of aromatic nitrogens is 1. The van der Waals surface area contributed by atoms with Crippen LogP contribution in [0.4, 0.5) is 0 Å². The van der Waals surface area contributed by atoms with Crippen LogP contribution in [0.5, 0.6) is 0 Å². The van der Waals surface area contributed by atoms with Gasteiger partial charge in [0.15, 0.2) is 5.76 Å². The zero-order valence-corrected chi connectivity index (χ0v) is 16.6. The van der Waals surface area contributed by atoms with Gasteiger partial charge in [-0.3, -0.25) is 14.2 Å². The SMILES string of the molecule is CCC(C)C(C(=O)O)n1cc2c3c(c(-c4ccccc4)ccc3c1=O)C(=O)C(O)=C2. The quantitative estimate of drug-likeness (QED) is 0.657. The molecule has 1 aliphatic rings. The summed E-state index contributed by atoms with van der Waals surface area (Å²) in [6.07, 6.45) is 3.32. The fourth-order valence-electron chi connectivity index (χ4n) is 4.10. The van der Waals surface area contributed by atoms with Crippen LogP contribution in [-0.4, -0.2) is 26.5 Å². The molecule has 2 N–H and O–H groups in total. The van der Waals surface area contributed by atoms with E-state index in [0.717, 1.165) is 5.56 Å². The minimum Gasteiger partial charge on any atom is -0.504 e. The highest BCUT2D eigenvalue weighted by atomic mass is 16.4. The Morgan fingerprint density at radius 1 is 1.10 bits per heavy atom. The van der Waals surface area contributed by atoms with Gasteiger partial charge in [-0.1, -0.05) is 56.7 Å². The van der Waals surface area contributed by atoms with Gasteiger partial charge in [0, 0.05) is 28.1 Å². The number of carboxylic acids is 1. The molecular weight excluding hydrogens is 382 g/mol. The topological polar surface area (TPSA) is 96.6 Å². The molecule has 0 aliphatic heterocycles. The molecule has 6 heteroatoms. The lowest BCUT2D eigenvalue weighted by atomic mass is 9.86. The molecule has 4 rings (SSSR count). The third-order valence-corrected chi connectivity index (χ3v) is 5.81. The van der Waals surface area contributed by atoms with Crippen molar-refractivity contribution in [2.24, 2.45) is 5.92 Å². The number of hydrogen-bond acceptors (Lipinski definition) is 4. The van der Waals surface area contributed by atoms with E-state index in [1.165, 1.54) is 16.8 Å². The molecule has 0 amide bonds. The second-order valence-corrected chi connectivity index (χ2v) is 7.60. The summed E-state index contributed by atoms with van der Waals surface area (Å²) in [5.41, 5.74) is 1.64. The molecule has 3 aromatic rings. The lowest BCUT2D eigenvalue weighted by Gasteiger charge is -2.24. The van der Waals surface area contributed by atoms with Crippen LogP contribution in [-0.2, 0) is 4.79 Å². The molecule has 0 radical (unpaired) electrons. The molecule has 1 heterocycles. The molecule has 2 unspecified atom stereocenters. The largest absolute Gasteiger partial charge is 0.504 e. The van der Waals surface area contributed by atoms with E-state index in [0.29, 0.717) is 22.9 Å². The molecule has 0 saturated carbocycles. The summed E-state index contributed by atoms with van der Waals surface area (Å²) in [6, 6.07) is 11.5. The van der Waals surface area contributed by atoms with E-state index in [1.807, 2.05) is 37.3 Å². The lowest BCUT2D eigenvalue weighted by Crippen LogP contribution is -2.34. The van der Waals surface area contributed by atoms with Crippen molar-refractivity contribution in [2.75, 3.05) is 0 Å². The number of carbonyl (C=O) groups is 2. The first-order chi connectivity index (χ1) is 14.3. The average Bonchev–Trinajstić information content (AvgIpc) is 2.74. The van der Waals surface area contributed by atoms with Crippen LogP contribution in [0.25, 0.3) is 28.0 Å². The summed E-state index contributed by atoms with van der Waals surface area (Å²) < 4.78 is 1.21. The zero-order chi connectivity index (χ0) is 21.6.